The number of likely N-dealkylation sites (tertiary alicyclic amines) is 1. The molecule has 0 saturated carbocycles. The molecule has 1 N–H and O–H groups in total. The molecule has 1 saturated heterocycles. The van der Waals surface area contributed by atoms with Gasteiger partial charge in [-0.2, -0.15) is 0 Å². The fraction of sp³-hybridized carbons (Fsp3) is 0.667. The molecule has 18 heavy (non-hydrogen) atoms. The zero-order chi connectivity index (χ0) is 12.4. The van der Waals surface area contributed by atoms with E-state index < -0.39 is 0 Å². The minimum Gasteiger partial charge on any atom is -0.306 e. The molecular weight excluding hydrogens is 222 g/mol. The Labute approximate surface area is 110 Å². The van der Waals surface area contributed by atoms with E-state index in [-0.39, 0.29) is 0 Å². The van der Waals surface area contributed by atoms with Crippen LogP contribution < -0.4 is 5.32 Å². The minimum absolute atomic E-state index is 0.499. The number of aromatic nitrogens is 1. The Morgan fingerprint density at radius 2 is 2.17 bits per heavy atom. The average molecular weight is 245 g/mol. The zero-order valence-electron chi connectivity index (χ0n) is 11.2. The highest BCUT2D eigenvalue weighted by molar-refractivity contribution is 5.28. The van der Waals surface area contributed by atoms with Crippen LogP contribution in [-0.2, 0) is 6.42 Å². The van der Waals surface area contributed by atoms with E-state index in [0.29, 0.717) is 12.1 Å². The van der Waals surface area contributed by atoms with Gasteiger partial charge in [-0.05, 0) is 56.9 Å². The van der Waals surface area contributed by atoms with Crippen LogP contribution in [0.15, 0.2) is 18.3 Å². The third-order valence-electron chi connectivity index (χ3n) is 4.43. The SMILES string of the molecule is CCN1CCC(NC2CCc3cccnc32)CC1. The van der Waals surface area contributed by atoms with Crippen LogP contribution in [0.3, 0.4) is 0 Å². The Morgan fingerprint density at radius 3 is 2.94 bits per heavy atom. The number of hydrogen-bond donors (Lipinski definition) is 1. The predicted octanol–water partition coefficient (Wildman–Crippen LogP) is 2.14. The van der Waals surface area contributed by atoms with E-state index in [1.165, 1.54) is 56.6 Å². The molecule has 0 spiro atoms. The average Bonchev–Trinajstić information content (AvgIpc) is 2.83. The van der Waals surface area contributed by atoms with E-state index in [9.17, 15) is 0 Å². The Balaban J connectivity index is 1.59. The van der Waals surface area contributed by atoms with Gasteiger partial charge in [-0.3, -0.25) is 4.98 Å². The monoisotopic (exact) mass is 245 g/mol. The molecule has 1 aliphatic carbocycles. The zero-order valence-corrected chi connectivity index (χ0v) is 11.2. The molecule has 0 aromatic carbocycles. The lowest BCUT2D eigenvalue weighted by Crippen LogP contribution is -2.43. The van der Waals surface area contributed by atoms with E-state index in [1.807, 2.05) is 6.20 Å². The number of nitrogens with one attached hydrogen (secondary N) is 1. The van der Waals surface area contributed by atoms with Gasteiger partial charge in [0.25, 0.3) is 0 Å². The van der Waals surface area contributed by atoms with Crippen molar-refractivity contribution in [3.63, 3.8) is 0 Å². The summed E-state index contributed by atoms with van der Waals surface area (Å²) >= 11 is 0. The van der Waals surface area contributed by atoms with E-state index in [0.717, 1.165) is 0 Å². The summed E-state index contributed by atoms with van der Waals surface area (Å²) in [5.74, 6) is 0. The smallest absolute Gasteiger partial charge is 0.0605 e. The van der Waals surface area contributed by atoms with Gasteiger partial charge in [0, 0.05) is 12.2 Å². The fourth-order valence-electron chi connectivity index (χ4n) is 3.28. The van der Waals surface area contributed by atoms with Crippen LogP contribution >= 0.6 is 0 Å². The van der Waals surface area contributed by atoms with Crippen LogP contribution in [0.1, 0.15) is 43.5 Å². The van der Waals surface area contributed by atoms with Crippen molar-refractivity contribution >= 4 is 0 Å². The van der Waals surface area contributed by atoms with Crippen molar-refractivity contribution < 1.29 is 0 Å². The molecule has 1 aromatic rings. The number of nitrogens with zero attached hydrogens (tertiary/aromatic N) is 2. The molecule has 1 fully saturated rings. The highest BCUT2D eigenvalue weighted by Gasteiger charge is 2.27. The van der Waals surface area contributed by atoms with Crippen molar-refractivity contribution in [2.75, 3.05) is 19.6 Å². The van der Waals surface area contributed by atoms with Gasteiger partial charge < -0.3 is 10.2 Å². The van der Waals surface area contributed by atoms with Crippen LogP contribution in [0.25, 0.3) is 0 Å². The summed E-state index contributed by atoms with van der Waals surface area (Å²) in [5, 5.41) is 3.83. The molecular formula is C15H23N3. The standard InChI is InChI=1S/C15H23N3/c1-2-18-10-7-13(8-11-18)17-14-6-5-12-4-3-9-16-15(12)14/h3-4,9,13-14,17H,2,5-8,10-11H2,1H3. The molecule has 2 aliphatic rings. The topological polar surface area (TPSA) is 28.2 Å². The summed E-state index contributed by atoms with van der Waals surface area (Å²) in [4.78, 5) is 7.11. The lowest BCUT2D eigenvalue weighted by Gasteiger charge is -2.33. The van der Waals surface area contributed by atoms with Crippen LogP contribution in [0.4, 0.5) is 0 Å². The maximum absolute atomic E-state index is 4.56. The normalized spacial score (nSPS) is 25.3. The Morgan fingerprint density at radius 1 is 1.33 bits per heavy atom. The first-order valence-corrected chi connectivity index (χ1v) is 7.29. The van der Waals surface area contributed by atoms with Crippen molar-refractivity contribution in [2.24, 2.45) is 0 Å². The molecule has 3 rings (SSSR count). The molecule has 0 amide bonds. The lowest BCUT2D eigenvalue weighted by molar-refractivity contribution is 0.198. The molecule has 1 atom stereocenters. The third kappa shape index (κ3) is 2.43. The Kier molecular flexibility index (Phi) is 3.62. The first-order valence-electron chi connectivity index (χ1n) is 7.29. The van der Waals surface area contributed by atoms with Gasteiger partial charge >= 0.3 is 0 Å². The number of piperidine rings is 1. The van der Waals surface area contributed by atoms with Gasteiger partial charge in [-0.25, -0.2) is 0 Å². The number of fused-ring (bicyclic) bond motifs is 1. The number of rotatable bonds is 3. The second kappa shape index (κ2) is 5.37. The molecule has 3 heteroatoms. The Bertz CT molecular complexity index is 396. The van der Waals surface area contributed by atoms with Crippen LogP contribution in [0.2, 0.25) is 0 Å². The summed E-state index contributed by atoms with van der Waals surface area (Å²) in [6.45, 7) is 5.94. The van der Waals surface area contributed by atoms with Gasteiger partial charge in [0.05, 0.1) is 11.7 Å². The second-order valence-electron chi connectivity index (χ2n) is 5.51. The summed E-state index contributed by atoms with van der Waals surface area (Å²) in [7, 11) is 0. The van der Waals surface area contributed by atoms with Crippen molar-refractivity contribution in [2.45, 2.75) is 44.7 Å². The number of hydrogen-bond acceptors (Lipinski definition) is 3. The number of pyridine rings is 1. The molecule has 1 aromatic heterocycles. The molecule has 0 bridgehead atoms. The summed E-state index contributed by atoms with van der Waals surface area (Å²) in [6.07, 6.45) is 6.91. The highest BCUT2D eigenvalue weighted by Crippen LogP contribution is 2.30. The molecule has 1 aliphatic heterocycles. The van der Waals surface area contributed by atoms with Gasteiger partial charge in [0.2, 0.25) is 0 Å². The summed E-state index contributed by atoms with van der Waals surface area (Å²) in [6, 6.07) is 5.47. The van der Waals surface area contributed by atoms with Crippen molar-refractivity contribution in [1.82, 2.24) is 15.2 Å². The predicted molar refractivity (Wildman–Crippen MR) is 73.6 cm³/mol. The lowest BCUT2D eigenvalue weighted by atomic mass is 10.0. The van der Waals surface area contributed by atoms with E-state index in [2.05, 4.69) is 34.3 Å². The van der Waals surface area contributed by atoms with Crippen LogP contribution in [0, 0.1) is 0 Å². The van der Waals surface area contributed by atoms with Gasteiger partial charge in [0.15, 0.2) is 0 Å². The van der Waals surface area contributed by atoms with Gasteiger partial charge in [0.1, 0.15) is 0 Å². The van der Waals surface area contributed by atoms with E-state index in [4.69, 9.17) is 0 Å². The van der Waals surface area contributed by atoms with Crippen molar-refractivity contribution in [3.8, 4) is 0 Å². The number of aryl methyl sites for hydroxylation is 1. The summed E-state index contributed by atoms with van der Waals surface area (Å²) in [5.41, 5.74) is 2.75. The summed E-state index contributed by atoms with van der Waals surface area (Å²) < 4.78 is 0. The quantitative estimate of drug-likeness (QED) is 0.884. The van der Waals surface area contributed by atoms with E-state index >= 15 is 0 Å². The molecule has 3 nitrogen and oxygen atoms in total. The minimum atomic E-state index is 0.499. The molecule has 2 heterocycles. The molecule has 1 unspecified atom stereocenters. The maximum Gasteiger partial charge on any atom is 0.0605 e. The fourth-order valence-corrected chi connectivity index (χ4v) is 3.28. The second-order valence-corrected chi connectivity index (χ2v) is 5.51. The first kappa shape index (κ1) is 12.1. The van der Waals surface area contributed by atoms with E-state index in [1.54, 1.807) is 0 Å². The van der Waals surface area contributed by atoms with Crippen LogP contribution in [-0.4, -0.2) is 35.6 Å². The Hall–Kier alpha value is -0.930. The van der Waals surface area contributed by atoms with Crippen molar-refractivity contribution in [1.29, 1.82) is 0 Å². The van der Waals surface area contributed by atoms with Gasteiger partial charge in [-0.1, -0.05) is 13.0 Å². The maximum atomic E-state index is 4.56. The first-order chi connectivity index (χ1) is 8.86. The highest BCUT2D eigenvalue weighted by atomic mass is 15.1. The largest absolute Gasteiger partial charge is 0.306 e. The molecule has 0 radical (unpaired) electrons. The molecule has 98 valence electrons. The van der Waals surface area contributed by atoms with Gasteiger partial charge in [-0.15, -0.1) is 0 Å². The van der Waals surface area contributed by atoms with Crippen molar-refractivity contribution in [3.05, 3.63) is 29.6 Å². The third-order valence-corrected chi connectivity index (χ3v) is 4.43. The van der Waals surface area contributed by atoms with Crippen LogP contribution in [0.5, 0.6) is 0 Å².